The number of nitrogens with two attached hydrogens (primary N) is 3. The van der Waals surface area contributed by atoms with E-state index in [0.29, 0.717) is 41.2 Å². The molecule has 26 nitrogen and oxygen atoms in total. The lowest BCUT2D eigenvalue weighted by Gasteiger charge is -2.14. The van der Waals surface area contributed by atoms with Crippen molar-refractivity contribution in [1.82, 2.24) is 34.4 Å². The molecule has 10 N–H and O–H groups in total. The maximum Gasteiger partial charge on any atom is 0.309 e. The molecule has 398 valence electrons. The normalized spacial score (nSPS) is 12.1. The number of esters is 1. The van der Waals surface area contributed by atoms with Gasteiger partial charge in [-0.15, -0.1) is 0 Å². The Labute approximate surface area is 427 Å². The van der Waals surface area contributed by atoms with Gasteiger partial charge in [0, 0.05) is 57.3 Å². The summed E-state index contributed by atoms with van der Waals surface area (Å²) in [7, 11) is 1.41. The minimum absolute atomic E-state index is 0.0000106. The fraction of sp³-hybridized carbons (Fsp3) is 0.388. The minimum Gasteiger partial charge on any atom is -0.494 e. The molecular weight excluding hydrogens is 981 g/mol. The molecule has 6 rings (SSSR count). The van der Waals surface area contributed by atoms with Crippen LogP contribution in [0.1, 0.15) is 111 Å². The number of nitrogens with one attached hydrogen (secondary N) is 3. The molecule has 0 saturated carbocycles. The van der Waals surface area contributed by atoms with Crippen molar-refractivity contribution in [1.29, 1.82) is 0 Å². The van der Waals surface area contributed by atoms with Crippen molar-refractivity contribution in [2.45, 2.75) is 92.3 Å². The third-order valence-corrected chi connectivity index (χ3v) is 11.5. The number of aryl methyl sites for hydroxylation is 4. The predicted molar refractivity (Wildman–Crippen MR) is 267 cm³/mol. The molecule has 0 radical (unpaired) electrons. The molecule has 26 heteroatoms. The van der Waals surface area contributed by atoms with Gasteiger partial charge >= 0.3 is 11.9 Å². The third-order valence-electron chi connectivity index (χ3n) is 11.5. The first kappa shape index (κ1) is 55.4. The summed E-state index contributed by atoms with van der Waals surface area (Å²) >= 11 is 0. The van der Waals surface area contributed by atoms with Gasteiger partial charge in [0.15, 0.2) is 17.6 Å². The maximum absolute atomic E-state index is 13.8. The number of hydrogen-bond donors (Lipinski definition) is 7. The number of carbonyl (C=O) groups is 8. The van der Waals surface area contributed by atoms with Gasteiger partial charge in [-0.3, -0.25) is 49.0 Å². The van der Waals surface area contributed by atoms with E-state index < -0.39 is 65.8 Å². The van der Waals surface area contributed by atoms with Gasteiger partial charge in [-0.1, -0.05) is 32.9 Å². The number of carboxylic acid groups (broad SMARTS) is 1. The van der Waals surface area contributed by atoms with Crippen LogP contribution in [0.4, 0.5) is 11.9 Å². The molecule has 0 fully saturated rings. The number of primary amides is 2. The summed E-state index contributed by atoms with van der Waals surface area (Å²) < 4.78 is 31.8. The Morgan fingerprint density at radius 2 is 1.27 bits per heavy atom. The molecular formula is C49H58N12O14. The molecule has 0 bridgehead atoms. The highest BCUT2D eigenvalue weighted by molar-refractivity contribution is 6.05. The van der Waals surface area contributed by atoms with Crippen LogP contribution in [0.25, 0.3) is 22.1 Å². The number of methoxy groups -OCH3 is 1. The Balaban J connectivity index is 1.25. The molecule has 6 aromatic rings. The second-order valence-corrected chi connectivity index (χ2v) is 17.1. The van der Waals surface area contributed by atoms with Gasteiger partial charge in [0.2, 0.25) is 41.1 Å². The van der Waals surface area contributed by atoms with Gasteiger partial charge < -0.3 is 59.8 Å². The summed E-state index contributed by atoms with van der Waals surface area (Å²) in [4.78, 5) is 119. The van der Waals surface area contributed by atoms with Crippen molar-refractivity contribution in [3.63, 3.8) is 0 Å². The fourth-order valence-electron chi connectivity index (χ4n) is 7.79. The summed E-state index contributed by atoms with van der Waals surface area (Å²) in [6.45, 7) is 7.78. The molecule has 0 aliphatic carbocycles. The Morgan fingerprint density at radius 3 is 1.75 bits per heavy atom. The Hall–Kier alpha value is -8.94. The standard InChI is InChI=1S/C49H58N12O14/c1-7-31-40(74-25(4)54-31)45(68)58-48-56-33-19-27(42(51)65)21-35(71-6)38(33)60(48)14-9-10-15-61-39-34(57-49(61)59-46(69)41-32(8-2)55-26(5)75-41)20-28(43(52)66)22-36(39)72-16-11-17-73-47(70)24(3)18-29(62)23-53-44(67)30(50)12-13-37(63)64/h9-10,19-22,24,30H,7-8,11-18,23,50H2,1-6H3,(H2,51,65)(H2,52,66)(H,53,67)(H,63,64)(H,56,58,68)(H,57,59,69)/b10-9+/t24-,30+/m0/s1. The van der Waals surface area contributed by atoms with Crippen molar-refractivity contribution in [2.75, 3.05) is 37.5 Å². The Morgan fingerprint density at radius 1 is 0.760 bits per heavy atom. The SMILES string of the molecule is CCc1nc(C)oc1C(=O)Nc1nc2cc(C(N)=O)cc(OC)c2n1C/C=C/Cn1c(NC(=O)c2oc(C)nc2CC)nc2cc(C(N)=O)cc(OCCCOC(=O)[C@@H](C)CC(=O)CNC(=O)[C@H](N)CCC(=O)O)c21. The number of ether oxygens (including phenoxy) is 3. The number of allylic oxidation sites excluding steroid dienone is 2. The largest absolute Gasteiger partial charge is 0.494 e. The first-order chi connectivity index (χ1) is 35.7. The highest BCUT2D eigenvalue weighted by Crippen LogP contribution is 2.33. The summed E-state index contributed by atoms with van der Waals surface area (Å²) in [5.74, 6) is -5.70. The molecule has 0 saturated heterocycles. The average Bonchev–Trinajstić information content (AvgIpc) is 4.15. The highest BCUT2D eigenvalue weighted by atomic mass is 16.5. The minimum atomic E-state index is -1.12. The van der Waals surface area contributed by atoms with E-state index in [2.05, 4.69) is 35.9 Å². The number of rotatable bonds is 27. The number of aliphatic carboxylic acids is 1. The van der Waals surface area contributed by atoms with E-state index in [4.69, 9.17) is 45.4 Å². The van der Waals surface area contributed by atoms with Crippen LogP contribution in [0.3, 0.4) is 0 Å². The first-order valence-electron chi connectivity index (χ1n) is 23.7. The van der Waals surface area contributed by atoms with Gasteiger partial charge in [0.1, 0.15) is 22.5 Å². The number of oxazole rings is 2. The molecule has 0 aliphatic heterocycles. The van der Waals surface area contributed by atoms with Crippen molar-refractivity contribution in [3.05, 3.63) is 82.2 Å². The molecule has 5 amide bonds. The summed E-state index contributed by atoms with van der Waals surface area (Å²) in [5, 5.41) is 16.8. The number of benzene rings is 2. The summed E-state index contributed by atoms with van der Waals surface area (Å²) in [6, 6.07) is 4.64. The van der Waals surface area contributed by atoms with Crippen LogP contribution >= 0.6 is 0 Å². The van der Waals surface area contributed by atoms with Crippen LogP contribution in [-0.4, -0.2) is 114 Å². The number of aromatic nitrogens is 6. The molecule has 2 aromatic carbocycles. The van der Waals surface area contributed by atoms with Crippen molar-refractivity contribution in [2.24, 2.45) is 23.1 Å². The lowest BCUT2D eigenvalue weighted by Crippen LogP contribution is -2.43. The van der Waals surface area contributed by atoms with Gasteiger partial charge in [-0.25, -0.2) is 19.9 Å². The molecule has 0 aliphatic rings. The highest BCUT2D eigenvalue weighted by Gasteiger charge is 2.26. The van der Waals surface area contributed by atoms with Crippen molar-refractivity contribution < 1.29 is 66.5 Å². The maximum atomic E-state index is 13.8. The zero-order valence-electron chi connectivity index (χ0n) is 42.1. The number of fused-ring (bicyclic) bond motifs is 2. The van der Waals surface area contributed by atoms with Crippen LogP contribution in [0.2, 0.25) is 0 Å². The molecule has 0 unspecified atom stereocenters. The van der Waals surface area contributed by atoms with E-state index in [0.717, 1.165) is 0 Å². The van der Waals surface area contributed by atoms with Crippen LogP contribution in [-0.2, 0) is 49.8 Å². The monoisotopic (exact) mass is 1040 g/mol. The van der Waals surface area contributed by atoms with E-state index >= 15 is 0 Å². The number of ketones is 1. The molecule has 4 aromatic heterocycles. The van der Waals surface area contributed by atoms with Crippen molar-refractivity contribution >= 4 is 81.2 Å². The first-order valence-corrected chi connectivity index (χ1v) is 23.7. The summed E-state index contributed by atoms with van der Waals surface area (Å²) in [5.41, 5.74) is 19.2. The number of Topliss-reactive ketones (excluding diaryl/α,β-unsaturated/α-hetero) is 1. The molecule has 4 heterocycles. The Kier molecular flexibility index (Phi) is 18.2. The number of anilines is 2. The fourth-order valence-corrected chi connectivity index (χ4v) is 7.79. The molecule has 0 spiro atoms. The number of hydrogen-bond acceptors (Lipinski definition) is 18. The topological polar surface area (TPSA) is 386 Å². The van der Waals surface area contributed by atoms with Crippen LogP contribution in [0.15, 0.2) is 45.3 Å². The third kappa shape index (κ3) is 13.6. The molecule has 2 atom stereocenters. The van der Waals surface area contributed by atoms with E-state index in [1.165, 1.54) is 38.3 Å². The lowest BCUT2D eigenvalue weighted by molar-refractivity contribution is -0.149. The van der Waals surface area contributed by atoms with Crippen LogP contribution in [0, 0.1) is 19.8 Å². The quantitative estimate of drug-likeness (QED) is 0.0221. The van der Waals surface area contributed by atoms with E-state index in [9.17, 15) is 38.4 Å². The number of amides is 5. The van der Waals surface area contributed by atoms with Gasteiger partial charge in [-0.2, -0.15) is 0 Å². The van der Waals surface area contributed by atoms with Gasteiger partial charge in [-0.05, 0) is 43.5 Å². The van der Waals surface area contributed by atoms with Crippen molar-refractivity contribution in [3.8, 4) is 11.5 Å². The van der Waals surface area contributed by atoms with Crippen LogP contribution < -0.4 is 42.6 Å². The predicted octanol–water partition coefficient (Wildman–Crippen LogP) is 3.29. The second kappa shape index (κ2) is 24.7. The second-order valence-electron chi connectivity index (χ2n) is 17.1. The Bertz CT molecular complexity index is 3200. The smallest absolute Gasteiger partial charge is 0.309 e. The lowest BCUT2D eigenvalue weighted by atomic mass is 10.0. The summed E-state index contributed by atoms with van der Waals surface area (Å²) in [6.07, 6.45) is 3.72. The number of carboxylic acids is 1. The van der Waals surface area contributed by atoms with Gasteiger partial charge in [0.25, 0.3) is 11.8 Å². The number of imidazole rings is 2. The van der Waals surface area contributed by atoms with E-state index in [-0.39, 0.29) is 115 Å². The average molecular weight is 1040 g/mol. The van der Waals surface area contributed by atoms with Crippen LogP contribution in [0.5, 0.6) is 11.5 Å². The van der Waals surface area contributed by atoms with Gasteiger partial charge in [0.05, 0.1) is 61.2 Å². The molecule has 75 heavy (non-hydrogen) atoms. The zero-order chi connectivity index (χ0) is 54.7. The van der Waals surface area contributed by atoms with E-state index in [1.54, 1.807) is 35.1 Å². The zero-order valence-corrected chi connectivity index (χ0v) is 42.1. The van der Waals surface area contributed by atoms with E-state index in [1.807, 2.05) is 13.8 Å². The number of carbonyl (C=O) groups excluding carboxylic acids is 7. The number of nitrogens with zero attached hydrogens (tertiary/aromatic N) is 6.